The molecule has 0 aliphatic heterocycles. The highest BCUT2D eigenvalue weighted by Crippen LogP contribution is 2.28. The summed E-state index contributed by atoms with van der Waals surface area (Å²) in [6, 6.07) is 17.7. The van der Waals surface area contributed by atoms with Gasteiger partial charge in [-0.15, -0.1) is 0 Å². The fraction of sp³-hybridized carbons (Fsp3) is 0.0909. The highest BCUT2D eigenvalue weighted by molar-refractivity contribution is 7.84. The van der Waals surface area contributed by atoms with Crippen molar-refractivity contribution in [2.24, 2.45) is 0 Å². The lowest BCUT2D eigenvalue weighted by Crippen LogP contribution is -1.97. The second-order valence-electron chi connectivity index (χ2n) is 6.46. The molecule has 0 spiro atoms. The molecule has 0 radical (unpaired) electrons. The summed E-state index contributed by atoms with van der Waals surface area (Å²) in [5.41, 5.74) is 4.34. The maximum absolute atomic E-state index is 13.4. The van der Waals surface area contributed by atoms with Crippen molar-refractivity contribution in [2.75, 3.05) is 6.26 Å². The molecule has 0 N–H and O–H groups in total. The number of imidazole rings is 1. The molecule has 0 saturated carbocycles. The Labute approximate surface area is 165 Å². The van der Waals surface area contributed by atoms with Gasteiger partial charge >= 0.3 is 0 Å². The van der Waals surface area contributed by atoms with Crippen LogP contribution in [0, 0.1) is 12.7 Å². The lowest BCUT2D eigenvalue weighted by atomic mass is 10.2. The van der Waals surface area contributed by atoms with Crippen molar-refractivity contribution in [1.82, 2.24) is 14.5 Å². The molecule has 0 saturated heterocycles. The van der Waals surface area contributed by atoms with Crippen molar-refractivity contribution in [3.05, 3.63) is 84.6 Å². The van der Waals surface area contributed by atoms with E-state index in [1.54, 1.807) is 24.6 Å². The first kappa shape index (κ1) is 18.3. The summed E-state index contributed by atoms with van der Waals surface area (Å²) in [5.74, 6) is 0.425. The first-order valence-corrected chi connectivity index (χ1v) is 10.3. The van der Waals surface area contributed by atoms with Crippen LogP contribution in [0.2, 0.25) is 0 Å². The Hall–Kier alpha value is -3.12. The maximum Gasteiger partial charge on any atom is 0.145 e. The Morgan fingerprint density at radius 3 is 2.29 bits per heavy atom. The van der Waals surface area contributed by atoms with Crippen molar-refractivity contribution >= 4 is 10.8 Å². The van der Waals surface area contributed by atoms with Gasteiger partial charge in [0.1, 0.15) is 11.6 Å². The summed E-state index contributed by atoms with van der Waals surface area (Å²) in [7, 11) is -1.03. The molecule has 140 valence electrons. The van der Waals surface area contributed by atoms with Crippen LogP contribution in [-0.4, -0.2) is 25.0 Å². The van der Waals surface area contributed by atoms with Gasteiger partial charge in [0, 0.05) is 51.2 Å². The minimum Gasteiger partial charge on any atom is -0.299 e. The van der Waals surface area contributed by atoms with E-state index < -0.39 is 10.8 Å². The molecular weight excluding hydrogens is 373 g/mol. The topological polar surface area (TPSA) is 47.8 Å². The largest absolute Gasteiger partial charge is 0.299 e. The number of hydrogen-bond acceptors (Lipinski definition) is 3. The van der Waals surface area contributed by atoms with Gasteiger partial charge in [-0.1, -0.05) is 12.1 Å². The molecule has 0 amide bonds. The Morgan fingerprint density at radius 1 is 0.964 bits per heavy atom. The van der Waals surface area contributed by atoms with E-state index in [2.05, 4.69) is 4.98 Å². The van der Waals surface area contributed by atoms with E-state index in [9.17, 15) is 8.60 Å². The number of halogens is 1. The van der Waals surface area contributed by atoms with E-state index in [4.69, 9.17) is 4.98 Å². The van der Waals surface area contributed by atoms with Crippen molar-refractivity contribution in [1.29, 1.82) is 0 Å². The molecule has 4 rings (SSSR count). The van der Waals surface area contributed by atoms with Crippen LogP contribution >= 0.6 is 0 Å². The van der Waals surface area contributed by atoms with Crippen molar-refractivity contribution < 1.29 is 8.60 Å². The summed E-state index contributed by atoms with van der Waals surface area (Å²) < 4.78 is 27.0. The molecule has 6 heteroatoms. The first-order valence-electron chi connectivity index (χ1n) is 8.73. The van der Waals surface area contributed by atoms with Gasteiger partial charge < -0.3 is 0 Å². The third-order valence-corrected chi connectivity index (χ3v) is 5.38. The number of benzene rings is 2. The second kappa shape index (κ2) is 7.48. The number of hydrogen-bond donors (Lipinski definition) is 0. The minimum atomic E-state index is -1.03. The summed E-state index contributed by atoms with van der Waals surface area (Å²) in [4.78, 5) is 9.83. The van der Waals surface area contributed by atoms with E-state index in [1.165, 1.54) is 12.1 Å². The number of aromatic nitrogens is 3. The van der Waals surface area contributed by atoms with Gasteiger partial charge in [0.2, 0.25) is 0 Å². The van der Waals surface area contributed by atoms with Gasteiger partial charge in [-0.2, -0.15) is 0 Å². The van der Waals surface area contributed by atoms with E-state index in [-0.39, 0.29) is 5.82 Å². The first-order chi connectivity index (χ1) is 13.5. The predicted octanol–water partition coefficient (Wildman–Crippen LogP) is 4.79. The van der Waals surface area contributed by atoms with Crippen LogP contribution in [0.1, 0.15) is 5.69 Å². The summed E-state index contributed by atoms with van der Waals surface area (Å²) in [6.07, 6.45) is 5.36. The normalized spacial score (nSPS) is 12.1. The van der Waals surface area contributed by atoms with Gasteiger partial charge in [-0.3, -0.25) is 13.8 Å². The monoisotopic (exact) mass is 391 g/mol. The van der Waals surface area contributed by atoms with Crippen LogP contribution in [-0.2, 0) is 10.8 Å². The number of nitrogens with zero attached hydrogens (tertiary/aromatic N) is 3. The van der Waals surface area contributed by atoms with E-state index >= 15 is 0 Å². The molecule has 0 fully saturated rings. The molecular formula is C22H18FN3OS. The standard InChI is InChI=1S/C22H18FN3OS/c1-15-13-19(11-12-24-15)26-14-21(16-5-9-20(10-6-16)28(2)27)25-22(26)17-3-7-18(23)8-4-17/h3-14H,1-2H3. The van der Waals surface area contributed by atoms with Crippen LogP contribution in [0.5, 0.6) is 0 Å². The fourth-order valence-corrected chi connectivity index (χ4v) is 3.54. The smallest absolute Gasteiger partial charge is 0.145 e. The van der Waals surface area contributed by atoms with Crippen LogP contribution < -0.4 is 0 Å². The highest BCUT2D eigenvalue weighted by atomic mass is 32.2. The van der Waals surface area contributed by atoms with Gasteiger partial charge in [-0.05, 0) is 55.5 Å². The minimum absolute atomic E-state index is 0.287. The van der Waals surface area contributed by atoms with Crippen LogP contribution in [0.15, 0.2) is 78.0 Å². The Kier molecular flexibility index (Phi) is 4.88. The Balaban J connectivity index is 1.86. The molecule has 0 aliphatic rings. The maximum atomic E-state index is 13.4. The highest BCUT2D eigenvalue weighted by Gasteiger charge is 2.14. The molecule has 2 aromatic heterocycles. The summed E-state index contributed by atoms with van der Waals surface area (Å²) in [6.45, 7) is 1.93. The van der Waals surface area contributed by atoms with E-state index in [1.807, 2.05) is 54.1 Å². The molecule has 28 heavy (non-hydrogen) atoms. The van der Waals surface area contributed by atoms with E-state index in [0.29, 0.717) is 5.82 Å². The zero-order chi connectivity index (χ0) is 19.7. The average molecular weight is 391 g/mol. The Bertz CT molecular complexity index is 1150. The Morgan fingerprint density at radius 2 is 1.64 bits per heavy atom. The molecule has 4 nitrogen and oxygen atoms in total. The van der Waals surface area contributed by atoms with Crippen molar-refractivity contribution in [2.45, 2.75) is 11.8 Å². The van der Waals surface area contributed by atoms with Gasteiger partial charge in [0.05, 0.1) is 11.4 Å². The van der Waals surface area contributed by atoms with Crippen molar-refractivity contribution in [3.63, 3.8) is 0 Å². The van der Waals surface area contributed by atoms with Gasteiger partial charge in [0.25, 0.3) is 0 Å². The lowest BCUT2D eigenvalue weighted by molar-refractivity contribution is 0.628. The van der Waals surface area contributed by atoms with Crippen LogP contribution in [0.25, 0.3) is 28.3 Å². The predicted molar refractivity (Wildman–Crippen MR) is 109 cm³/mol. The zero-order valence-corrected chi connectivity index (χ0v) is 16.3. The quantitative estimate of drug-likeness (QED) is 0.503. The molecule has 1 unspecified atom stereocenters. The summed E-state index contributed by atoms with van der Waals surface area (Å²) in [5, 5.41) is 0. The lowest BCUT2D eigenvalue weighted by Gasteiger charge is -2.08. The fourth-order valence-electron chi connectivity index (χ4n) is 3.02. The van der Waals surface area contributed by atoms with Crippen LogP contribution in [0.4, 0.5) is 4.39 Å². The number of rotatable bonds is 4. The van der Waals surface area contributed by atoms with Gasteiger partial charge in [-0.25, -0.2) is 9.37 Å². The number of pyridine rings is 1. The molecule has 2 aromatic carbocycles. The van der Waals surface area contributed by atoms with Crippen molar-refractivity contribution in [3.8, 4) is 28.3 Å². The number of aryl methyl sites for hydroxylation is 1. The molecule has 2 heterocycles. The third kappa shape index (κ3) is 3.64. The second-order valence-corrected chi connectivity index (χ2v) is 7.84. The molecule has 1 atom stereocenters. The zero-order valence-electron chi connectivity index (χ0n) is 15.5. The average Bonchev–Trinajstić information content (AvgIpc) is 3.14. The molecule has 0 aliphatic carbocycles. The van der Waals surface area contributed by atoms with Crippen LogP contribution in [0.3, 0.4) is 0 Å². The third-order valence-electron chi connectivity index (χ3n) is 4.45. The van der Waals surface area contributed by atoms with Gasteiger partial charge in [0.15, 0.2) is 0 Å². The summed E-state index contributed by atoms with van der Waals surface area (Å²) >= 11 is 0. The van der Waals surface area contributed by atoms with E-state index in [0.717, 1.165) is 33.1 Å². The molecule has 4 aromatic rings. The molecule has 0 bridgehead atoms. The SMILES string of the molecule is Cc1cc(-n2cc(-c3ccc(S(C)=O)cc3)nc2-c2ccc(F)cc2)ccn1.